The van der Waals surface area contributed by atoms with Crippen LogP contribution < -0.4 is 0 Å². The van der Waals surface area contributed by atoms with Crippen molar-refractivity contribution in [3.8, 4) is 0 Å². The van der Waals surface area contributed by atoms with Crippen LogP contribution >= 0.6 is 0 Å². The van der Waals surface area contributed by atoms with Gasteiger partial charge in [-0.2, -0.15) is 0 Å². The lowest BCUT2D eigenvalue weighted by Crippen LogP contribution is -2.33. The van der Waals surface area contributed by atoms with E-state index in [1.165, 1.54) is 0 Å². The molecule has 1 aliphatic rings. The van der Waals surface area contributed by atoms with Gasteiger partial charge in [-0.1, -0.05) is 29.3 Å². The lowest BCUT2D eigenvalue weighted by Gasteiger charge is -2.23. The van der Waals surface area contributed by atoms with Crippen LogP contribution in [-0.4, -0.2) is 24.6 Å². The van der Waals surface area contributed by atoms with Crippen molar-refractivity contribution in [2.24, 2.45) is 5.16 Å². The summed E-state index contributed by atoms with van der Waals surface area (Å²) in [5.74, 6) is 0. The molecule has 1 N–H and O–H groups in total. The van der Waals surface area contributed by atoms with Crippen molar-refractivity contribution < 1.29 is 13.6 Å². The van der Waals surface area contributed by atoms with Gasteiger partial charge < -0.3 is 5.21 Å². The fourth-order valence-electron chi connectivity index (χ4n) is 2.30. The molecule has 1 aromatic carbocycles. The topological polar surface area (TPSA) is 66.7 Å². The molecule has 1 aromatic rings. The third kappa shape index (κ3) is 2.41. The van der Waals surface area contributed by atoms with Gasteiger partial charge in [0.1, 0.15) is 5.25 Å². The van der Waals surface area contributed by atoms with Crippen LogP contribution in [0.5, 0.6) is 0 Å². The Kier molecular flexibility index (Phi) is 3.71. The number of aryl methyl sites for hydroxylation is 1. The number of sulfone groups is 1. The van der Waals surface area contributed by atoms with Crippen LogP contribution in [0.15, 0.2) is 34.3 Å². The maximum atomic E-state index is 12.5. The first kappa shape index (κ1) is 13.1. The van der Waals surface area contributed by atoms with Crippen LogP contribution in [0, 0.1) is 6.92 Å². The van der Waals surface area contributed by atoms with E-state index in [1.807, 2.05) is 6.92 Å². The first-order chi connectivity index (χ1) is 8.55. The first-order valence-corrected chi connectivity index (χ1v) is 7.61. The largest absolute Gasteiger partial charge is 0.411 e. The number of hydrogen-bond acceptors (Lipinski definition) is 4. The van der Waals surface area contributed by atoms with Crippen LogP contribution in [0.1, 0.15) is 31.2 Å². The third-order valence-electron chi connectivity index (χ3n) is 3.37. The highest BCUT2D eigenvalue weighted by atomic mass is 32.2. The number of benzene rings is 1. The molecule has 0 heterocycles. The Bertz CT molecular complexity index is 546. The van der Waals surface area contributed by atoms with E-state index in [0.29, 0.717) is 23.4 Å². The molecular weight excluding hydrogens is 250 g/mol. The van der Waals surface area contributed by atoms with E-state index in [9.17, 15) is 8.42 Å². The molecule has 2 rings (SSSR count). The highest BCUT2D eigenvalue weighted by Crippen LogP contribution is 2.27. The average Bonchev–Trinajstić information content (AvgIpc) is 2.39. The van der Waals surface area contributed by atoms with Crippen molar-refractivity contribution in [2.45, 2.75) is 42.8 Å². The molecule has 0 aromatic heterocycles. The van der Waals surface area contributed by atoms with Crippen molar-refractivity contribution >= 4 is 15.5 Å². The van der Waals surface area contributed by atoms with Crippen LogP contribution in [0.3, 0.4) is 0 Å². The van der Waals surface area contributed by atoms with E-state index in [-0.39, 0.29) is 0 Å². The second kappa shape index (κ2) is 5.10. The molecule has 1 fully saturated rings. The minimum absolute atomic E-state index is 0.307. The van der Waals surface area contributed by atoms with Crippen molar-refractivity contribution in [2.75, 3.05) is 0 Å². The minimum atomic E-state index is -3.43. The van der Waals surface area contributed by atoms with Crippen LogP contribution in [-0.2, 0) is 9.84 Å². The van der Waals surface area contributed by atoms with E-state index >= 15 is 0 Å². The average molecular weight is 267 g/mol. The van der Waals surface area contributed by atoms with Crippen molar-refractivity contribution in [1.82, 2.24) is 0 Å². The van der Waals surface area contributed by atoms with Crippen LogP contribution in [0.25, 0.3) is 0 Å². The summed E-state index contributed by atoms with van der Waals surface area (Å²) in [4.78, 5) is 0.307. The fraction of sp³-hybridized carbons (Fsp3) is 0.462. The van der Waals surface area contributed by atoms with Crippen molar-refractivity contribution in [3.63, 3.8) is 0 Å². The molecule has 0 bridgehead atoms. The highest BCUT2D eigenvalue weighted by molar-refractivity contribution is 7.92. The van der Waals surface area contributed by atoms with Gasteiger partial charge >= 0.3 is 0 Å². The molecule has 1 aliphatic carbocycles. The quantitative estimate of drug-likeness (QED) is 0.661. The lowest BCUT2D eigenvalue weighted by atomic mass is 9.98. The highest BCUT2D eigenvalue weighted by Gasteiger charge is 2.34. The van der Waals surface area contributed by atoms with Gasteiger partial charge in [0.2, 0.25) is 0 Å². The predicted octanol–water partition coefficient (Wildman–Crippen LogP) is 2.54. The van der Waals surface area contributed by atoms with Crippen molar-refractivity contribution in [1.29, 1.82) is 0 Å². The monoisotopic (exact) mass is 267 g/mol. The maximum Gasteiger partial charge on any atom is 0.186 e. The summed E-state index contributed by atoms with van der Waals surface area (Å²) in [7, 11) is -3.43. The van der Waals surface area contributed by atoms with Crippen LogP contribution in [0.4, 0.5) is 0 Å². The SMILES string of the molecule is Cc1ccc(S(=O)(=O)[C@@H]2CCCC/C2=N\O)cc1. The molecule has 0 spiro atoms. The Labute approximate surface area is 107 Å². The Morgan fingerprint density at radius 2 is 1.89 bits per heavy atom. The van der Waals surface area contributed by atoms with E-state index in [2.05, 4.69) is 5.16 Å². The molecule has 0 radical (unpaired) electrons. The van der Waals surface area contributed by atoms with E-state index < -0.39 is 15.1 Å². The normalized spacial score (nSPS) is 23.2. The molecule has 1 atom stereocenters. The number of rotatable bonds is 2. The number of hydrogen-bond donors (Lipinski definition) is 1. The summed E-state index contributed by atoms with van der Waals surface area (Å²) in [6.45, 7) is 1.91. The van der Waals surface area contributed by atoms with Crippen LogP contribution in [0.2, 0.25) is 0 Å². The van der Waals surface area contributed by atoms with Gasteiger partial charge in [0, 0.05) is 0 Å². The van der Waals surface area contributed by atoms with E-state index in [0.717, 1.165) is 18.4 Å². The summed E-state index contributed by atoms with van der Waals surface area (Å²) in [6, 6.07) is 6.81. The zero-order valence-corrected chi connectivity index (χ0v) is 11.2. The van der Waals surface area contributed by atoms with Gasteiger partial charge in [-0.15, -0.1) is 0 Å². The molecule has 5 heteroatoms. The lowest BCUT2D eigenvalue weighted by molar-refractivity contribution is 0.314. The maximum absolute atomic E-state index is 12.5. The Balaban J connectivity index is 2.38. The van der Waals surface area contributed by atoms with Gasteiger partial charge in [-0.3, -0.25) is 0 Å². The molecule has 1 saturated carbocycles. The number of nitrogens with zero attached hydrogens (tertiary/aromatic N) is 1. The second-order valence-electron chi connectivity index (χ2n) is 4.68. The van der Waals surface area contributed by atoms with E-state index in [1.54, 1.807) is 24.3 Å². The van der Waals surface area contributed by atoms with Gasteiger partial charge in [0.15, 0.2) is 9.84 Å². The summed E-state index contributed by atoms with van der Waals surface area (Å²) >= 11 is 0. The van der Waals surface area contributed by atoms with Gasteiger partial charge in [-0.05, 0) is 38.3 Å². The van der Waals surface area contributed by atoms with Gasteiger partial charge in [0.25, 0.3) is 0 Å². The fourth-order valence-corrected chi connectivity index (χ4v) is 4.15. The molecule has 18 heavy (non-hydrogen) atoms. The molecule has 98 valence electrons. The summed E-state index contributed by atoms with van der Waals surface area (Å²) < 4.78 is 25.0. The first-order valence-electron chi connectivity index (χ1n) is 6.07. The second-order valence-corrected chi connectivity index (χ2v) is 6.81. The summed E-state index contributed by atoms with van der Waals surface area (Å²) in [5.41, 5.74) is 1.41. The predicted molar refractivity (Wildman–Crippen MR) is 69.8 cm³/mol. The summed E-state index contributed by atoms with van der Waals surface area (Å²) in [5, 5.41) is 11.4. The molecular formula is C13H17NO3S. The summed E-state index contributed by atoms with van der Waals surface area (Å²) in [6.07, 6.45) is 2.84. The number of oxime groups is 1. The molecule has 0 amide bonds. The molecule has 0 unspecified atom stereocenters. The smallest absolute Gasteiger partial charge is 0.186 e. The minimum Gasteiger partial charge on any atom is -0.411 e. The zero-order chi connectivity index (χ0) is 13.2. The third-order valence-corrected chi connectivity index (χ3v) is 5.56. The molecule has 0 aliphatic heterocycles. The van der Waals surface area contributed by atoms with E-state index in [4.69, 9.17) is 5.21 Å². The van der Waals surface area contributed by atoms with Gasteiger partial charge in [0.05, 0.1) is 10.6 Å². The Hall–Kier alpha value is -1.36. The Morgan fingerprint density at radius 1 is 1.22 bits per heavy atom. The van der Waals surface area contributed by atoms with Crippen molar-refractivity contribution in [3.05, 3.63) is 29.8 Å². The molecule has 0 saturated heterocycles. The zero-order valence-electron chi connectivity index (χ0n) is 10.3. The standard InChI is InChI=1S/C13H17NO3S/c1-10-6-8-11(9-7-10)18(16,17)13-5-3-2-4-12(13)14-15/h6-9,13,15H,2-5H2,1H3/b14-12+/t13-/m1/s1. The Morgan fingerprint density at radius 3 is 2.50 bits per heavy atom. The van der Waals surface area contributed by atoms with Gasteiger partial charge in [-0.25, -0.2) is 8.42 Å². The molecule has 4 nitrogen and oxygen atoms in total.